The summed E-state index contributed by atoms with van der Waals surface area (Å²) in [6.07, 6.45) is 3.18. The van der Waals surface area contributed by atoms with Crippen LogP contribution in [0.15, 0.2) is 72.1 Å². The molecule has 1 fully saturated rings. The van der Waals surface area contributed by atoms with Gasteiger partial charge in [0.15, 0.2) is 0 Å². The SMILES string of the molecule is COC(=O)[C@H](C)NC(=O)/C(=C/c1ccccc1)NC(=O)CNC(=O)/C(=C\c1ccccc1)NC(=O)[C@@H]1CCCN1C(=O)OC(C)(C)C. The number of esters is 1. The van der Waals surface area contributed by atoms with Gasteiger partial charge >= 0.3 is 12.1 Å². The highest BCUT2D eigenvalue weighted by Gasteiger charge is 2.37. The molecule has 13 heteroatoms. The molecule has 1 aliphatic rings. The van der Waals surface area contributed by atoms with Gasteiger partial charge in [-0.25, -0.2) is 9.59 Å². The van der Waals surface area contributed by atoms with E-state index < -0.39 is 59.9 Å². The van der Waals surface area contributed by atoms with Gasteiger partial charge in [-0.1, -0.05) is 60.7 Å². The maximum absolute atomic E-state index is 13.4. The van der Waals surface area contributed by atoms with Crippen LogP contribution in [0.4, 0.5) is 4.79 Å². The molecule has 1 saturated heterocycles. The average molecular weight is 648 g/mol. The van der Waals surface area contributed by atoms with Gasteiger partial charge < -0.3 is 30.7 Å². The minimum absolute atomic E-state index is 0.158. The van der Waals surface area contributed by atoms with Crippen molar-refractivity contribution in [1.82, 2.24) is 26.2 Å². The predicted octanol–water partition coefficient (Wildman–Crippen LogP) is 2.49. The lowest BCUT2D eigenvalue weighted by Crippen LogP contribution is -2.49. The molecule has 2 atom stereocenters. The molecule has 3 rings (SSSR count). The molecule has 0 unspecified atom stereocenters. The van der Waals surface area contributed by atoms with Gasteiger partial charge in [0.2, 0.25) is 11.8 Å². The minimum atomic E-state index is -0.997. The first-order chi connectivity index (χ1) is 22.3. The summed E-state index contributed by atoms with van der Waals surface area (Å²) in [6, 6.07) is 15.6. The van der Waals surface area contributed by atoms with E-state index in [9.17, 15) is 28.8 Å². The van der Waals surface area contributed by atoms with Crippen LogP contribution in [0.2, 0.25) is 0 Å². The summed E-state index contributed by atoms with van der Waals surface area (Å²) in [6.45, 7) is 6.37. The first-order valence-corrected chi connectivity index (χ1v) is 15.1. The Morgan fingerprint density at radius 2 is 1.43 bits per heavy atom. The van der Waals surface area contributed by atoms with Crippen LogP contribution in [0, 0.1) is 0 Å². The van der Waals surface area contributed by atoms with Gasteiger partial charge in [-0.3, -0.25) is 24.1 Å². The summed E-state index contributed by atoms with van der Waals surface area (Å²) >= 11 is 0. The van der Waals surface area contributed by atoms with Crippen molar-refractivity contribution < 1.29 is 38.2 Å². The largest absolute Gasteiger partial charge is 0.467 e. The second-order valence-corrected chi connectivity index (χ2v) is 11.7. The number of hydrogen-bond donors (Lipinski definition) is 4. The molecule has 1 heterocycles. The first-order valence-electron chi connectivity index (χ1n) is 15.1. The van der Waals surface area contributed by atoms with Gasteiger partial charge in [0.1, 0.15) is 29.1 Å². The fourth-order valence-corrected chi connectivity index (χ4v) is 4.50. The van der Waals surface area contributed by atoms with E-state index in [-0.39, 0.29) is 11.4 Å². The van der Waals surface area contributed by atoms with Crippen molar-refractivity contribution in [3.05, 3.63) is 83.2 Å². The zero-order valence-corrected chi connectivity index (χ0v) is 27.1. The van der Waals surface area contributed by atoms with Crippen LogP contribution in [-0.2, 0) is 33.4 Å². The van der Waals surface area contributed by atoms with E-state index >= 15 is 0 Å². The van der Waals surface area contributed by atoms with Gasteiger partial charge in [0.25, 0.3) is 11.8 Å². The average Bonchev–Trinajstić information content (AvgIpc) is 3.53. The van der Waals surface area contributed by atoms with E-state index in [0.717, 1.165) is 0 Å². The summed E-state index contributed by atoms with van der Waals surface area (Å²) in [4.78, 5) is 78.6. The topological polar surface area (TPSA) is 172 Å². The van der Waals surface area contributed by atoms with Crippen molar-refractivity contribution in [3.8, 4) is 0 Å². The normalized spacial score (nSPS) is 15.6. The van der Waals surface area contributed by atoms with E-state index in [4.69, 9.17) is 4.74 Å². The quantitative estimate of drug-likeness (QED) is 0.213. The van der Waals surface area contributed by atoms with E-state index in [0.29, 0.717) is 30.5 Å². The molecule has 0 bridgehead atoms. The van der Waals surface area contributed by atoms with E-state index in [1.165, 1.54) is 31.1 Å². The number of nitrogens with zero attached hydrogens (tertiary/aromatic N) is 1. The smallest absolute Gasteiger partial charge is 0.410 e. The lowest BCUT2D eigenvalue weighted by atomic mass is 10.1. The lowest BCUT2D eigenvalue weighted by molar-refractivity contribution is -0.144. The number of carbonyl (C=O) groups is 6. The fraction of sp³-hybridized carbons (Fsp3) is 0.353. The number of carbonyl (C=O) groups excluding carboxylic acids is 6. The molecule has 0 saturated carbocycles. The van der Waals surface area contributed by atoms with Crippen LogP contribution in [0.5, 0.6) is 0 Å². The van der Waals surface area contributed by atoms with Crippen LogP contribution in [0.1, 0.15) is 51.7 Å². The van der Waals surface area contributed by atoms with Crippen molar-refractivity contribution in [2.45, 2.75) is 58.2 Å². The molecule has 0 spiro atoms. The number of amides is 5. The third-order valence-electron chi connectivity index (χ3n) is 6.74. The highest BCUT2D eigenvalue weighted by molar-refractivity contribution is 6.05. The zero-order chi connectivity index (χ0) is 34.6. The Kier molecular flexibility index (Phi) is 12.8. The van der Waals surface area contributed by atoms with Crippen LogP contribution >= 0.6 is 0 Å². The maximum atomic E-state index is 13.4. The molecule has 0 aliphatic carbocycles. The Bertz CT molecular complexity index is 1520. The number of nitrogens with one attached hydrogen (secondary N) is 4. The van der Waals surface area contributed by atoms with E-state index in [1.807, 2.05) is 0 Å². The van der Waals surface area contributed by atoms with Crippen molar-refractivity contribution in [2.75, 3.05) is 20.2 Å². The van der Waals surface area contributed by atoms with E-state index in [2.05, 4.69) is 26.0 Å². The molecule has 47 heavy (non-hydrogen) atoms. The number of rotatable bonds is 11. The summed E-state index contributed by atoms with van der Waals surface area (Å²) in [7, 11) is 1.18. The Morgan fingerprint density at radius 1 is 0.872 bits per heavy atom. The second kappa shape index (κ2) is 16.7. The minimum Gasteiger partial charge on any atom is -0.467 e. The van der Waals surface area contributed by atoms with Crippen molar-refractivity contribution in [2.24, 2.45) is 0 Å². The summed E-state index contributed by atoms with van der Waals surface area (Å²) < 4.78 is 10.1. The third-order valence-corrected chi connectivity index (χ3v) is 6.74. The molecular formula is C34H41N5O8. The van der Waals surface area contributed by atoms with Crippen LogP contribution in [-0.4, -0.2) is 78.5 Å². The fourth-order valence-electron chi connectivity index (χ4n) is 4.50. The maximum Gasteiger partial charge on any atom is 0.410 e. The summed E-state index contributed by atoms with van der Waals surface area (Å²) in [5, 5.41) is 10.0. The highest BCUT2D eigenvalue weighted by Crippen LogP contribution is 2.21. The van der Waals surface area contributed by atoms with Gasteiger partial charge in [-0.15, -0.1) is 0 Å². The molecule has 5 amide bonds. The van der Waals surface area contributed by atoms with Gasteiger partial charge in [0.05, 0.1) is 13.7 Å². The number of ether oxygens (including phenoxy) is 2. The number of benzene rings is 2. The number of likely N-dealkylation sites (tertiary alicyclic amines) is 1. The molecule has 1 aliphatic heterocycles. The predicted molar refractivity (Wildman–Crippen MR) is 174 cm³/mol. The molecule has 4 N–H and O–H groups in total. The molecule has 13 nitrogen and oxygen atoms in total. The Balaban J connectivity index is 1.75. The number of hydrogen-bond acceptors (Lipinski definition) is 8. The van der Waals surface area contributed by atoms with Crippen molar-refractivity contribution in [3.63, 3.8) is 0 Å². The number of methoxy groups -OCH3 is 1. The van der Waals surface area contributed by atoms with Crippen molar-refractivity contribution >= 4 is 47.8 Å². The zero-order valence-electron chi connectivity index (χ0n) is 27.1. The molecule has 2 aromatic carbocycles. The Morgan fingerprint density at radius 3 is 1.96 bits per heavy atom. The van der Waals surface area contributed by atoms with Crippen LogP contribution in [0.25, 0.3) is 12.2 Å². The summed E-state index contributed by atoms with van der Waals surface area (Å²) in [5.74, 6) is -3.55. The standard InChI is InChI=1S/C34H41N5O8/c1-22(32(44)46-5)36-30(42)26(20-24-15-10-7-11-16-24)37-28(40)21-35-29(41)25(19-23-13-8-6-9-14-23)38-31(43)27-17-12-18-39(27)33(45)47-34(2,3)4/h6-11,13-16,19-20,22,27H,12,17-18,21H2,1-5H3,(H,35,41)(H,36,42)(H,37,40)(H,38,43)/b25-19+,26-20-/t22-,27-/m0/s1. The summed E-state index contributed by atoms with van der Waals surface area (Å²) in [5.41, 5.74) is 0.103. The lowest BCUT2D eigenvalue weighted by Gasteiger charge is -2.28. The van der Waals surface area contributed by atoms with Crippen molar-refractivity contribution in [1.29, 1.82) is 0 Å². The molecule has 0 radical (unpaired) electrons. The molecule has 250 valence electrons. The van der Waals surface area contributed by atoms with Crippen LogP contribution < -0.4 is 21.3 Å². The monoisotopic (exact) mass is 647 g/mol. The second-order valence-electron chi connectivity index (χ2n) is 11.7. The molecule has 2 aromatic rings. The Labute approximate surface area is 273 Å². The molecule has 0 aromatic heterocycles. The first kappa shape index (κ1) is 36.0. The third kappa shape index (κ3) is 11.4. The van der Waals surface area contributed by atoms with Gasteiger partial charge in [-0.2, -0.15) is 0 Å². The van der Waals surface area contributed by atoms with Gasteiger partial charge in [-0.05, 0) is 63.8 Å². The Hall–Kier alpha value is -5.46. The van der Waals surface area contributed by atoms with Crippen LogP contribution in [0.3, 0.4) is 0 Å². The highest BCUT2D eigenvalue weighted by atomic mass is 16.6. The van der Waals surface area contributed by atoms with Gasteiger partial charge in [0, 0.05) is 6.54 Å². The van der Waals surface area contributed by atoms with E-state index in [1.54, 1.807) is 81.4 Å². The molecular weight excluding hydrogens is 606 g/mol.